The van der Waals surface area contributed by atoms with E-state index in [1.54, 1.807) is 30.4 Å². The molecule has 4 aromatic carbocycles. The molecule has 0 aliphatic rings. The minimum absolute atomic E-state index is 0.0108. The van der Waals surface area contributed by atoms with Crippen LogP contribution in [0.3, 0.4) is 0 Å². The Bertz CT molecular complexity index is 1450. The molecule has 7 nitrogen and oxygen atoms in total. The maximum Gasteiger partial charge on any atom is 0.269 e. The number of rotatable bonds is 11. The van der Waals surface area contributed by atoms with Crippen molar-refractivity contribution in [3.8, 4) is 11.5 Å². The number of ether oxygens (including phenoxy) is 2. The van der Waals surface area contributed by atoms with Crippen LogP contribution in [0, 0.1) is 10.1 Å². The summed E-state index contributed by atoms with van der Waals surface area (Å²) >= 11 is 0. The molecule has 0 amide bonds. The molecular weight excluding hydrogens is 466 g/mol. The lowest BCUT2D eigenvalue weighted by Crippen LogP contribution is -2.00. The highest BCUT2D eigenvalue weighted by Gasteiger charge is 2.10. The summed E-state index contributed by atoms with van der Waals surface area (Å²) in [5.41, 5.74) is 4.94. The molecule has 4 rings (SSSR count). The highest BCUT2D eigenvalue weighted by atomic mass is 16.6. The van der Waals surface area contributed by atoms with Gasteiger partial charge in [0.1, 0.15) is 24.7 Å². The molecule has 7 heteroatoms. The van der Waals surface area contributed by atoms with Gasteiger partial charge in [-0.15, -0.1) is 5.11 Å². The predicted molar refractivity (Wildman–Crippen MR) is 145 cm³/mol. The van der Waals surface area contributed by atoms with Crippen molar-refractivity contribution >= 4 is 29.2 Å². The van der Waals surface area contributed by atoms with Crippen molar-refractivity contribution in [1.29, 1.82) is 0 Å². The zero-order chi connectivity index (χ0) is 26.0. The minimum atomic E-state index is -0.458. The average Bonchev–Trinajstić information content (AvgIpc) is 2.94. The Labute approximate surface area is 215 Å². The van der Waals surface area contributed by atoms with Crippen LogP contribution >= 0.6 is 0 Å². The van der Waals surface area contributed by atoms with Crippen LogP contribution in [0.5, 0.6) is 11.5 Å². The zero-order valence-corrected chi connectivity index (χ0v) is 20.1. The van der Waals surface area contributed by atoms with E-state index in [9.17, 15) is 10.1 Å². The first kappa shape index (κ1) is 25.1. The Morgan fingerprint density at radius 1 is 0.757 bits per heavy atom. The number of nitro groups is 1. The van der Waals surface area contributed by atoms with Crippen molar-refractivity contribution < 1.29 is 14.4 Å². The van der Waals surface area contributed by atoms with Gasteiger partial charge in [0.25, 0.3) is 5.69 Å². The Morgan fingerprint density at radius 2 is 1.35 bits per heavy atom. The van der Waals surface area contributed by atoms with E-state index in [4.69, 9.17) is 9.47 Å². The van der Waals surface area contributed by atoms with Crippen molar-refractivity contribution in [2.45, 2.75) is 13.2 Å². The van der Waals surface area contributed by atoms with Gasteiger partial charge in [-0.1, -0.05) is 73.8 Å². The smallest absolute Gasteiger partial charge is 0.269 e. The van der Waals surface area contributed by atoms with Crippen molar-refractivity contribution in [2.24, 2.45) is 10.2 Å². The van der Waals surface area contributed by atoms with Crippen LogP contribution in [0.1, 0.15) is 22.3 Å². The van der Waals surface area contributed by atoms with Gasteiger partial charge >= 0.3 is 0 Å². The number of non-ortho nitro benzene ring substituents is 1. The van der Waals surface area contributed by atoms with Crippen molar-refractivity contribution in [2.75, 3.05) is 0 Å². The van der Waals surface area contributed by atoms with Crippen LogP contribution in [0.4, 0.5) is 17.1 Å². The molecule has 0 bridgehead atoms. The number of hydrogen-bond acceptors (Lipinski definition) is 6. The molecule has 37 heavy (non-hydrogen) atoms. The minimum Gasteiger partial charge on any atom is -0.489 e. The second-order valence-electron chi connectivity index (χ2n) is 7.99. The standard InChI is InChI=1S/C30H25N3O4/c1-3-22-9-5-7-11-24(22)20-36-28-17-18-29(32-31-26-13-15-27(16-14-26)33(34)35)30(19-28)37-21-25-12-8-6-10-23(25)4-2/h3-19H,1-2,20-21H2. The Morgan fingerprint density at radius 3 is 1.95 bits per heavy atom. The molecule has 0 spiro atoms. The maximum atomic E-state index is 10.9. The van der Waals surface area contributed by atoms with Gasteiger partial charge < -0.3 is 9.47 Å². The molecule has 0 saturated heterocycles. The molecule has 0 N–H and O–H groups in total. The van der Waals surface area contributed by atoms with Crippen LogP contribution in [0.25, 0.3) is 12.2 Å². The summed E-state index contributed by atoms with van der Waals surface area (Å²) < 4.78 is 12.2. The molecule has 0 atom stereocenters. The van der Waals surface area contributed by atoms with Crippen molar-refractivity contribution in [3.63, 3.8) is 0 Å². The molecule has 0 fully saturated rings. The number of hydrogen-bond donors (Lipinski definition) is 0. The Balaban J connectivity index is 1.58. The quantitative estimate of drug-likeness (QED) is 0.120. The third-order valence-corrected chi connectivity index (χ3v) is 5.59. The molecule has 0 radical (unpaired) electrons. The molecule has 0 aliphatic carbocycles. The number of azo groups is 1. The fourth-order valence-corrected chi connectivity index (χ4v) is 3.58. The largest absolute Gasteiger partial charge is 0.489 e. The van der Waals surface area contributed by atoms with E-state index in [0.717, 1.165) is 22.3 Å². The Hall–Kier alpha value is -5.04. The van der Waals surface area contributed by atoms with Crippen LogP contribution in [-0.4, -0.2) is 4.92 Å². The lowest BCUT2D eigenvalue weighted by atomic mass is 10.1. The summed E-state index contributed by atoms with van der Waals surface area (Å²) in [6, 6.07) is 26.9. The van der Waals surface area contributed by atoms with E-state index >= 15 is 0 Å². The van der Waals surface area contributed by atoms with Crippen LogP contribution < -0.4 is 9.47 Å². The fourth-order valence-electron chi connectivity index (χ4n) is 3.58. The van der Waals surface area contributed by atoms with Gasteiger partial charge in [0.15, 0.2) is 5.75 Å². The summed E-state index contributed by atoms with van der Waals surface area (Å²) in [7, 11) is 0. The van der Waals surface area contributed by atoms with E-state index in [1.807, 2.05) is 48.5 Å². The molecule has 4 aromatic rings. The number of nitro benzene ring substituents is 1. The van der Waals surface area contributed by atoms with Gasteiger partial charge in [0.2, 0.25) is 0 Å². The van der Waals surface area contributed by atoms with Gasteiger partial charge in [0.05, 0.1) is 10.6 Å². The zero-order valence-electron chi connectivity index (χ0n) is 20.1. The fraction of sp³-hybridized carbons (Fsp3) is 0.0667. The lowest BCUT2D eigenvalue weighted by Gasteiger charge is -2.13. The number of benzene rings is 4. The maximum absolute atomic E-state index is 10.9. The summed E-state index contributed by atoms with van der Waals surface area (Å²) in [6.45, 7) is 8.39. The van der Waals surface area contributed by atoms with Gasteiger partial charge in [0, 0.05) is 18.2 Å². The lowest BCUT2D eigenvalue weighted by molar-refractivity contribution is -0.384. The first-order valence-electron chi connectivity index (χ1n) is 11.5. The van der Waals surface area contributed by atoms with Crippen LogP contribution in [-0.2, 0) is 13.2 Å². The first-order chi connectivity index (χ1) is 18.1. The summed E-state index contributed by atoms with van der Waals surface area (Å²) in [5, 5.41) is 19.5. The average molecular weight is 492 g/mol. The normalized spacial score (nSPS) is 10.7. The highest BCUT2D eigenvalue weighted by Crippen LogP contribution is 2.34. The summed E-state index contributed by atoms with van der Waals surface area (Å²) in [4.78, 5) is 10.4. The van der Waals surface area contributed by atoms with Crippen LogP contribution in [0.2, 0.25) is 0 Å². The topological polar surface area (TPSA) is 86.3 Å². The van der Waals surface area contributed by atoms with Crippen molar-refractivity contribution in [1.82, 2.24) is 0 Å². The van der Waals surface area contributed by atoms with E-state index in [0.29, 0.717) is 36.1 Å². The molecule has 0 aromatic heterocycles. The van der Waals surface area contributed by atoms with Gasteiger partial charge in [-0.2, -0.15) is 5.11 Å². The highest BCUT2D eigenvalue weighted by molar-refractivity contribution is 5.57. The monoisotopic (exact) mass is 491 g/mol. The second kappa shape index (κ2) is 12.1. The molecular formula is C30H25N3O4. The molecule has 0 aliphatic heterocycles. The summed E-state index contributed by atoms with van der Waals surface area (Å²) in [6.07, 6.45) is 3.58. The van der Waals surface area contributed by atoms with Gasteiger partial charge in [-0.3, -0.25) is 10.1 Å². The van der Waals surface area contributed by atoms with E-state index in [1.165, 1.54) is 24.3 Å². The van der Waals surface area contributed by atoms with E-state index < -0.39 is 4.92 Å². The third-order valence-electron chi connectivity index (χ3n) is 5.59. The van der Waals surface area contributed by atoms with Gasteiger partial charge in [-0.05, 0) is 46.5 Å². The SMILES string of the molecule is C=Cc1ccccc1COc1ccc(N=Nc2ccc([N+](=O)[O-])cc2)c(OCc2ccccc2C=C)c1. The predicted octanol–water partition coefficient (Wildman–Crippen LogP) is 8.45. The summed E-state index contributed by atoms with van der Waals surface area (Å²) in [5.74, 6) is 1.10. The second-order valence-corrected chi connectivity index (χ2v) is 7.99. The van der Waals surface area contributed by atoms with Crippen molar-refractivity contribution in [3.05, 3.63) is 137 Å². The third kappa shape index (κ3) is 6.55. The molecule has 0 heterocycles. The molecule has 0 saturated carbocycles. The molecule has 0 unspecified atom stereocenters. The van der Waals surface area contributed by atoms with Crippen LogP contribution in [0.15, 0.2) is 114 Å². The van der Waals surface area contributed by atoms with E-state index in [2.05, 4.69) is 23.4 Å². The first-order valence-corrected chi connectivity index (χ1v) is 11.5. The van der Waals surface area contributed by atoms with Gasteiger partial charge in [-0.25, -0.2) is 0 Å². The van der Waals surface area contributed by atoms with E-state index in [-0.39, 0.29) is 5.69 Å². The Kier molecular flexibility index (Phi) is 8.18. The molecule has 184 valence electrons. The number of nitrogens with zero attached hydrogens (tertiary/aromatic N) is 3.